The molecule has 2 amide bonds. The Labute approximate surface area is 158 Å². The number of carbonyl (C=O) groups is 4. The van der Waals surface area contributed by atoms with Crippen LogP contribution in [0.5, 0.6) is 0 Å². The first-order valence-corrected chi connectivity index (χ1v) is 8.70. The molecule has 0 spiro atoms. The number of carboxylic acid groups (broad SMARTS) is 1. The van der Waals surface area contributed by atoms with Crippen LogP contribution >= 0.6 is 12.6 Å². The number of ether oxygens (including phenoxy) is 1. The summed E-state index contributed by atoms with van der Waals surface area (Å²) in [5, 5.41) is 15.1. The third-order valence-electron chi connectivity index (χ3n) is 3.24. The van der Waals surface area contributed by atoms with Gasteiger partial charge in [0.1, 0.15) is 25.7 Å². The van der Waals surface area contributed by atoms with E-state index in [1.807, 2.05) is 21.1 Å². The molecule has 0 saturated heterocycles. The quantitative estimate of drug-likeness (QED) is 0.154. The molecule has 0 aliphatic rings. The fraction of sp³-hybridized carbons (Fsp3) is 0.733. The van der Waals surface area contributed by atoms with E-state index in [2.05, 4.69) is 23.3 Å². The Morgan fingerprint density at radius 2 is 1.81 bits per heavy atom. The number of nitrogens with one attached hydrogen (secondary N) is 2. The van der Waals surface area contributed by atoms with Crippen molar-refractivity contribution in [1.82, 2.24) is 10.6 Å². The van der Waals surface area contributed by atoms with Gasteiger partial charge in [-0.05, 0) is 12.8 Å². The van der Waals surface area contributed by atoms with Crippen LogP contribution in [0.2, 0.25) is 0 Å². The van der Waals surface area contributed by atoms with Crippen molar-refractivity contribution in [3.63, 3.8) is 0 Å². The number of nitrogens with two attached hydrogens (primary N) is 1. The predicted molar refractivity (Wildman–Crippen MR) is 94.9 cm³/mol. The third kappa shape index (κ3) is 11.7. The molecular formula is C15H28N4O6S. The largest absolute Gasteiger partial charge is 0.550 e. The van der Waals surface area contributed by atoms with Crippen LogP contribution < -0.4 is 21.5 Å². The van der Waals surface area contributed by atoms with E-state index in [4.69, 9.17) is 10.5 Å². The zero-order valence-electron chi connectivity index (χ0n) is 15.3. The highest BCUT2D eigenvalue weighted by Gasteiger charge is 2.23. The van der Waals surface area contributed by atoms with E-state index in [1.54, 1.807) is 0 Å². The van der Waals surface area contributed by atoms with Gasteiger partial charge in [0.05, 0.1) is 27.2 Å². The molecule has 0 heterocycles. The highest BCUT2D eigenvalue weighted by molar-refractivity contribution is 7.80. The van der Waals surface area contributed by atoms with Crippen molar-refractivity contribution in [2.24, 2.45) is 5.73 Å². The lowest BCUT2D eigenvalue weighted by Gasteiger charge is -2.23. The number of carbonyl (C=O) groups excluding carboxylic acids is 4. The molecule has 0 aromatic rings. The number of esters is 1. The highest BCUT2D eigenvalue weighted by Crippen LogP contribution is 1.97. The lowest BCUT2D eigenvalue weighted by Crippen LogP contribution is -2.53. The minimum absolute atomic E-state index is 0.0265. The molecule has 0 aliphatic carbocycles. The average molecular weight is 392 g/mol. The first-order chi connectivity index (χ1) is 12.0. The predicted octanol–water partition coefficient (Wildman–Crippen LogP) is -3.38. The van der Waals surface area contributed by atoms with Crippen molar-refractivity contribution >= 4 is 36.4 Å². The minimum Gasteiger partial charge on any atom is -0.550 e. The summed E-state index contributed by atoms with van der Waals surface area (Å²) in [6, 6.07) is -2.11. The SMILES string of the molecule is C[N+](C)(C)CCOC(=O)CNC(=O)[C@@H](CS)NC(=O)[C@H](N)CCC(=O)[O-]. The number of rotatable bonds is 12. The number of thiol groups is 1. The molecule has 0 unspecified atom stereocenters. The van der Waals surface area contributed by atoms with Crippen molar-refractivity contribution in [1.29, 1.82) is 0 Å². The van der Waals surface area contributed by atoms with Gasteiger partial charge in [-0.2, -0.15) is 12.6 Å². The van der Waals surface area contributed by atoms with Gasteiger partial charge in [-0.1, -0.05) is 0 Å². The van der Waals surface area contributed by atoms with Gasteiger partial charge in [-0.25, -0.2) is 0 Å². The van der Waals surface area contributed by atoms with Gasteiger partial charge in [0.15, 0.2) is 0 Å². The molecule has 10 nitrogen and oxygen atoms in total. The Kier molecular flexibility index (Phi) is 10.9. The second kappa shape index (κ2) is 11.7. The summed E-state index contributed by atoms with van der Waals surface area (Å²) in [4.78, 5) is 45.8. The van der Waals surface area contributed by atoms with Crippen molar-refractivity contribution in [2.75, 3.05) is 46.6 Å². The van der Waals surface area contributed by atoms with Crippen LogP contribution in [0.4, 0.5) is 0 Å². The zero-order chi connectivity index (χ0) is 20.3. The van der Waals surface area contributed by atoms with Gasteiger partial charge in [-0.15, -0.1) is 0 Å². The molecule has 4 N–H and O–H groups in total. The Balaban J connectivity index is 4.29. The number of quaternary nitrogens is 1. The molecule has 0 radical (unpaired) electrons. The van der Waals surface area contributed by atoms with Crippen LogP contribution in [0, 0.1) is 0 Å². The highest BCUT2D eigenvalue weighted by atomic mass is 32.1. The number of carboxylic acids is 1. The minimum atomic E-state index is -1.32. The van der Waals surface area contributed by atoms with Crippen molar-refractivity contribution in [3.05, 3.63) is 0 Å². The summed E-state index contributed by atoms with van der Waals surface area (Å²) in [6.45, 7) is 0.504. The number of amides is 2. The van der Waals surface area contributed by atoms with Crippen LogP contribution in [0.15, 0.2) is 0 Å². The summed E-state index contributed by atoms with van der Waals surface area (Å²) in [5.41, 5.74) is 5.55. The van der Waals surface area contributed by atoms with Crippen LogP contribution in [0.3, 0.4) is 0 Å². The van der Waals surface area contributed by atoms with Gasteiger partial charge < -0.3 is 35.5 Å². The number of hydrogen-bond acceptors (Lipinski definition) is 8. The van der Waals surface area contributed by atoms with Crippen LogP contribution in [-0.4, -0.2) is 86.9 Å². The standard InChI is InChI=1S/C15H28N4O6S/c1-19(2,3)6-7-25-13(22)8-17-15(24)11(9-26)18-14(23)10(16)4-5-12(20)21/h10-11H,4-9,16H2,1-3H3,(H3-,17,18,20,21,23,24,26)/t10-,11-/m1/s1. The molecule has 0 aromatic heterocycles. The lowest BCUT2D eigenvalue weighted by atomic mass is 10.1. The maximum atomic E-state index is 12.0. The third-order valence-corrected chi connectivity index (χ3v) is 3.61. The topological polar surface area (TPSA) is 151 Å². The Morgan fingerprint density at radius 1 is 1.19 bits per heavy atom. The maximum absolute atomic E-state index is 12.0. The van der Waals surface area contributed by atoms with E-state index in [-0.39, 0.29) is 31.7 Å². The number of aliphatic carboxylic acids is 1. The summed E-state index contributed by atoms with van der Waals surface area (Å²) in [5.74, 6) is -3.25. The van der Waals surface area contributed by atoms with Gasteiger partial charge in [0.2, 0.25) is 11.8 Å². The fourth-order valence-electron chi connectivity index (χ4n) is 1.64. The van der Waals surface area contributed by atoms with Gasteiger partial charge >= 0.3 is 5.97 Å². The normalized spacial score (nSPS) is 13.4. The van der Waals surface area contributed by atoms with Crippen LogP contribution in [0.25, 0.3) is 0 Å². The molecule has 0 fully saturated rings. The van der Waals surface area contributed by atoms with Crippen molar-refractivity contribution in [3.8, 4) is 0 Å². The second-order valence-electron chi connectivity index (χ2n) is 6.71. The fourth-order valence-corrected chi connectivity index (χ4v) is 1.90. The molecule has 0 aromatic carbocycles. The van der Waals surface area contributed by atoms with Gasteiger partial charge in [0.25, 0.3) is 0 Å². The van der Waals surface area contributed by atoms with Crippen LogP contribution in [-0.2, 0) is 23.9 Å². The molecule has 26 heavy (non-hydrogen) atoms. The van der Waals surface area contributed by atoms with E-state index in [1.165, 1.54) is 0 Å². The molecule has 0 saturated carbocycles. The summed E-state index contributed by atoms with van der Waals surface area (Å²) >= 11 is 3.98. The summed E-state index contributed by atoms with van der Waals surface area (Å²) in [7, 11) is 5.85. The van der Waals surface area contributed by atoms with E-state index in [0.717, 1.165) is 0 Å². The smallest absolute Gasteiger partial charge is 0.325 e. The van der Waals surface area contributed by atoms with Crippen LogP contribution in [0.1, 0.15) is 12.8 Å². The monoisotopic (exact) mass is 392 g/mol. The van der Waals surface area contributed by atoms with E-state index >= 15 is 0 Å². The first-order valence-electron chi connectivity index (χ1n) is 8.06. The Hall–Kier alpha value is -1.85. The van der Waals surface area contributed by atoms with Gasteiger partial charge in [0, 0.05) is 11.7 Å². The first kappa shape index (κ1) is 24.1. The number of hydrogen-bond donors (Lipinski definition) is 4. The maximum Gasteiger partial charge on any atom is 0.325 e. The van der Waals surface area contributed by atoms with Gasteiger partial charge in [-0.3, -0.25) is 14.4 Å². The Bertz CT molecular complexity index is 509. The molecule has 0 aliphatic heterocycles. The zero-order valence-corrected chi connectivity index (χ0v) is 16.2. The average Bonchev–Trinajstić information content (AvgIpc) is 2.53. The summed E-state index contributed by atoms with van der Waals surface area (Å²) in [6.07, 6.45) is -0.487. The molecule has 2 atom stereocenters. The lowest BCUT2D eigenvalue weighted by molar-refractivity contribution is -0.870. The summed E-state index contributed by atoms with van der Waals surface area (Å²) < 4.78 is 5.63. The Morgan fingerprint density at radius 3 is 2.31 bits per heavy atom. The van der Waals surface area contributed by atoms with Crippen molar-refractivity contribution < 1.29 is 33.5 Å². The molecule has 11 heteroatoms. The van der Waals surface area contributed by atoms with E-state index in [9.17, 15) is 24.3 Å². The molecule has 0 bridgehead atoms. The number of likely N-dealkylation sites (N-methyl/N-ethyl adjacent to an activating group) is 1. The van der Waals surface area contributed by atoms with E-state index < -0.39 is 35.8 Å². The number of nitrogens with zero attached hydrogens (tertiary/aromatic N) is 1. The van der Waals surface area contributed by atoms with Crippen molar-refractivity contribution in [2.45, 2.75) is 24.9 Å². The molecule has 150 valence electrons. The molecule has 0 rings (SSSR count). The second-order valence-corrected chi connectivity index (χ2v) is 7.08. The molecular weight excluding hydrogens is 364 g/mol. The van der Waals surface area contributed by atoms with E-state index in [0.29, 0.717) is 11.0 Å².